The van der Waals surface area contributed by atoms with Gasteiger partial charge in [0.1, 0.15) is 17.3 Å². The summed E-state index contributed by atoms with van der Waals surface area (Å²) in [6, 6.07) is 9.96. The van der Waals surface area contributed by atoms with Crippen LogP contribution < -0.4 is 5.32 Å². The van der Waals surface area contributed by atoms with E-state index in [0.717, 1.165) is 55.0 Å². The molecule has 36 heavy (non-hydrogen) atoms. The van der Waals surface area contributed by atoms with Crippen LogP contribution in [-0.4, -0.2) is 21.7 Å². The minimum atomic E-state index is -0.737. The molecule has 3 unspecified atom stereocenters. The molecule has 3 aliphatic rings. The Morgan fingerprint density at radius 3 is 2.64 bits per heavy atom. The molecule has 186 valence electrons. The van der Waals surface area contributed by atoms with E-state index in [1.165, 1.54) is 28.9 Å². The number of hydrogen-bond acceptors (Lipinski definition) is 2. The lowest BCUT2D eigenvalue weighted by atomic mass is 9.90. The number of nitrogens with zero attached hydrogens (tertiary/aromatic N) is 2. The number of carbonyl (C=O) groups excluding carboxylic acids is 1. The van der Waals surface area contributed by atoms with E-state index >= 15 is 0 Å². The van der Waals surface area contributed by atoms with Gasteiger partial charge in [-0.15, -0.1) is 0 Å². The molecule has 3 aromatic rings. The lowest BCUT2D eigenvalue weighted by molar-refractivity contribution is 0.0924. The Morgan fingerprint density at radius 1 is 1.03 bits per heavy atom. The topological polar surface area (TPSA) is 46.9 Å². The summed E-state index contributed by atoms with van der Waals surface area (Å²) in [7, 11) is 0. The Morgan fingerprint density at radius 2 is 1.89 bits per heavy atom. The van der Waals surface area contributed by atoms with E-state index in [2.05, 4.69) is 22.6 Å². The number of nitrogens with one attached hydrogen (secondary N) is 1. The zero-order chi connectivity index (χ0) is 24.8. The van der Waals surface area contributed by atoms with Crippen LogP contribution in [0.4, 0.5) is 13.2 Å². The van der Waals surface area contributed by atoms with Crippen molar-refractivity contribution < 1.29 is 18.0 Å². The molecular weight excluding hydrogens is 463 g/mol. The van der Waals surface area contributed by atoms with Crippen molar-refractivity contribution in [3.63, 3.8) is 0 Å². The SMILES string of the molecule is O=C(N[C@@H]1CC2C=CC1C2)c1nn(-c2ccc(F)cc2F)c2c1CCCCC2Cc1cccc(F)c1. The van der Waals surface area contributed by atoms with Crippen LogP contribution in [0.25, 0.3) is 5.69 Å². The third-order valence-corrected chi connectivity index (χ3v) is 7.96. The molecule has 2 bridgehead atoms. The van der Waals surface area contributed by atoms with E-state index in [1.807, 2.05) is 6.07 Å². The number of aromatic nitrogens is 2. The molecule has 1 fully saturated rings. The Kier molecular flexibility index (Phi) is 5.94. The first kappa shape index (κ1) is 23.1. The monoisotopic (exact) mass is 491 g/mol. The predicted octanol–water partition coefficient (Wildman–Crippen LogP) is 6.04. The summed E-state index contributed by atoms with van der Waals surface area (Å²) in [5.74, 6) is -1.20. The minimum Gasteiger partial charge on any atom is -0.347 e. The van der Waals surface area contributed by atoms with Crippen LogP contribution in [-0.2, 0) is 12.8 Å². The lowest BCUT2D eigenvalue weighted by Gasteiger charge is -2.19. The second-order valence-corrected chi connectivity index (χ2v) is 10.4. The van der Waals surface area contributed by atoms with Gasteiger partial charge < -0.3 is 5.32 Å². The molecule has 6 rings (SSSR count). The fourth-order valence-corrected chi connectivity index (χ4v) is 6.31. The fourth-order valence-electron chi connectivity index (χ4n) is 6.31. The standard InChI is InChI=1S/C29H28F3N3O/c30-21-6-3-4-17(14-21)13-20-5-1-2-7-23-27(29(36)33-25-15-18-8-9-19(25)12-18)34-35(28(20)23)26-11-10-22(31)16-24(26)32/h3-4,6,8-11,14,16,18-20,25H,1-2,5,7,12-13,15H2,(H,33,36)/t18?,19?,20?,25-/m1/s1. The number of amides is 1. The van der Waals surface area contributed by atoms with E-state index in [1.54, 1.807) is 6.07 Å². The van der Waals surface area contributed by atoms with Gasteiger partial charge in [0, 0.05) is 23.6 Å². The molecule has 4 nitrogen and oxygen atoms in total. The lowest BCUT2D eigenvalue weighted by Crippen LogP contribution is -2.38. The number of carbonyl (C=O) groups is 1. The molecule has 1 saturated carbocycles. The second kappa shape index (κ2) is 9.26. The third kappa shape index (κ3) is 4.25. The van der Waals surface area contributed by atoms with Gasteiger partial charge in [-0.25, -0.2) is 17.9 Å². The minimum absolute atomic E-state index is 0.0738. The van der Waals surface area contributed by atoms with E-state index in [-0.39, 0.29) is 29.4 Å². The van der Waals surface area contributed by atoms with E-state index in [4.69, 9.17) is 0 Å². The number of allylic oxidation sites excluding steroid dienone is 1. The maximum absolute atomic E-state index is 15.0. The van der Waals surface area contributed by atoms with Gasteiger partial charge in [0.25, 0.3) is 5.91 Å². The van der Waals surface area contributed by atoms with Crippen LogP contribution in [0.1, 0.15) is 65.3 Å². The molecule has 0 saturated heterocycles. The highest BCUT2D eigenvalue weighted by Crippen LogP contribution is 2.40. The van der Waals surface area contributed by atoms with Crippen LogP contribution in [0.5, 0.6) is 0 Å². The van der Waals surface area contributed by atoms with Gasteiger partial charge in [0.15, 0.2) is 11.5 Å². The molecule has 7 heteroatoms. The van der Waals surface area contributed by atoms with Crippen LogP contribution >= 0.6 is 0 Å². The zero-order valence-electron chi connectivity index (χ0n) is 19.9. The molecular formula is C29H28F3N3O. The Balaban J connectivity index is 1.43. The Hall–Kier alpha value is -3.35. The normalized spacial score (nSPS) is 24.5. The third-order valence-electron chi connectivity index (χ3n) is 7.96. The molecule has 0 radical (unpaired) electrons. The number of rotatable bonds is 5. The van der Waals surface area contributed by atoms with E-state index in [0.29, 0.717) is 30.4 Å². The van der Waals surface area contributed by atoms with Crippen LogP contribution in [0.15, 0.2) is 54.6 Å². The van der Waals surface area contributed by atoms with Gasteiger partial charge in [-0.05, 0) is 80.2 Å². The van der Waals surface area contributed by atoms with Crippen LogP contribution in [0, 0.1) is 29.3 Å². The summed E-state index contributed by atoms with van der Waals surface area (Å²) in [6.45, 7) is 0. The zero-order valence-corrected chi connectivity index (χ0v) is 19.9. The average molecular weight is 492 g/mol. The van der Waals surface area contributed by atoms with Crippen molar-refractivity contribution in [3.05, 3.63) is 94.6 Å². The fraction of sp³-hybridized carbons (Fsp3) is 0.379. The molecule has 3 aliphatic carbocycles. The van der Waals surface area contributed by atoms with Crippen molar-refractivity contribution in [3.8, 4) is 5.69 Å². The highest BCUT2D eigenvalue weighted by Gasteiger charge is 2.38. The van der Waals surface area contributed by atoms with Gasteiger partial charge in [-0.2, -0.15) is 5.10 Å². The van der Waals surface area contributed by atoms with Gasteiger partial charge in [0.05, 0.1) is 5.69 Å². The summed E-state index contributed by atoms with van der Waals surface area (Å²) < 4.78 is 44.2. The number of halogens is 3. The summed E-state index contributed by atoms with van der Waals surface area (Å²) in [5, 5.41) is 7.85. The van der Waals surface area contributed by atoms with Gasteiger partial charge in [-0.1, -0.05) is 30.7 Å². The molecule has 1 aromatic heterocycles. The van der Waals surface area contributed by atoms with Gasteiger partial charge >= 0.3 is 0 Å². The predicted molar refractivity (Wildman–Crippen MR) is 130 cm³/mol. The molecule has 2 aromatic carbocycles. The van der Waals surface area contributed by atoms with Crippen molar-refractivity contribution >= 4 is 5.91 Å². The van der Waals surface area contributed by atoms with Gasteiger partial charge in [-0.3, -0.25) is 4.79 Å². The number of hydrogen-bond donors (Lipinski definition) is 1. The molecule has 0 spiro atoms. The molecule has 4 atom stereocenters. The van der Waals surface area contributed by atoms with Crippen molar-refractivity contribution in [2.45, 2.75) is 56.9 Å². The van der Waals surface area contributed by atoms with Crippen LogP contribution in [0.3, 0.4) is 0 Å². The smallest absolute Gasteiger partial charge is 0.272 e. The summed E-state index contributed by atoms with van der Waals surface area (Å²) in [5.41, 5.74) is 2.83. The average Bonchev–Trinajstić information content (AvgIpc) is 3.52. The Labute approximate surface area is 208 Å². The molecule has 1 amide bonds. The van der Waals surface area contributed by atoms with Crippen molar-refractivity contribution in [1.82, 2.24) is 15.1 Å². The summed E-state index contributed by atoms with van der Waals surface area (Å²) in [6.07, 6.45) is 10.2. The first-order valence-electron chi connectivity index (χ1n) is 12.8. The van der Waals surface area contributed by atoms with Crippen molar-refractivity contribution in [1.29, 1.82) is 0 Å². The number of fused-ring (bicyclic) bond motifs is 3. The maximum atomic E-state index is 15.0. The first-order chi connectivity index (χ1) is 17.5. The summed E-state index contributed by atoms with van der Waals surface area (Å²) in [4.78, 5) is 13.5. The van der Waals surface area contributed by atoms with Gasteiger partial charge in [0.2, 0.25) is 0 Å². The van der Waals surface area contributed by atoms with Crippen molar-refractivity contribution in [2.24, 2.45) is 11.8 Å². The largest absolute Gasteiger partial charge is 0.347 e. The maximum Gasteiger partial charge on any atom is 0.272 e. The second-order valence-electron chi connectivity index (χ2n) is 10.4. The first-order valence-corrected chi connectivity index (χ1v) is 12.8. The highest BCUT2D eigenvalue weighted by atomic mass is 19.1. The van der Waals surface area contributed by atoms with Crippen LogP contribution in [0.2, 0.25) is 0 Å². The summed E-state index contributed by atoms with van der Waals surface area (Å²) >= 11 is 0. The van der Waals surface area contributed by atoms with E-state index in [9.17, 15) is 18.0 Å². The van der Waals surface area contributed by atoms with E-state index < -0.39 is 11.6 Å². The Bertz CT molecular complexity index is 1350. The van der Waals surface area contributed by atoms with Crippen molar-refractivity contribution in [2.75, 3.05) is 0 Å². The molecule has 1 N–H and O–H groups in total. The molecule has 0 aliphatic heterocycles. The highest BCUT2D eigenvalue weighted by molar-refractivity contribution is 5.94. The quantitative estimate of drug-likeness (QED) is 0.350. The molecule has 1 heterocycles. The number of benzene rings is 2.